The quantitative estimate of drug-likeness (QED) is 0.827. The van der Waals surface area contributed by atoms with Crippen LogP contribution in [0.1, 0.15) is 25.5 Å². The number of nitrogens with zero attached hydrogens (tertiary/aromatic N) is 1. The molecule has 0 spiro atoms. The molecule has 1 fully saturated rings. The summed E-state index contributed by atoms with van der Waals surface area (Å²) in [6.07, 6.45) is 4.07. The number of thioether (sulfide) groups is 1. The third-order valence-corrected chi connectivity index (χ3v) is 4.00. The van der Waals surface area contributed by atoms with Gasteiger partial charge in [-0.05, 0) is 30.9 Å². The Balaban J connectivity index is 1.70. The molecule has 1 aliphatic heterocycles. The molecule has 2 rings (SSSR count). The standard InChI is InChI=1S/C13H19NO2S/c1-11-4-2-6-14(8-11)13(15)10-17-9-12-5-3-7-16-12/h3,5,7,11H,2,4,6,8-10H2,1H3. The third-order valence-electron chi connectivity index (χ3n) is 3.06. The molecule has 0 aromatic carbocycles. The second-order valence-corrected chi connectivity index (χ2v) is 5.64. The molecule has 1 aromatic heterocycles. The minimum atomic E-state index is 0.271. The van der Waals surface area contributed by atoms with E-state index in [2.05, 4.69) is 6.92 Å². The van der Waals surface area contributed by atoms with Gasteiger partial charge in [-0.1, -0.05) is 6.92 Å². The van der Waals surface area contributed by atoms with Crippen LogP contribution in [0, 0.1) is 5.92 Å². The fourth-order valence-corrected chi connectivity index (χ4v) is 2.97. The highest BCUT2D eigenvalue weighted by atomic mass is 32.2. The lowest BCUT2D eigenvalue weighted by molar-refractivity contribution is -0.130. The van der Waals surface area contributed by atoms with E-state index in [1.54, 1.807) is 18.0 Å². The first-order valence-electron chi connectivity index (χ1n) is 6.13. The molecular formula is C13H19NO2S. The summed E-state index contributed by atoms with van der Waals surface area (Å²) in [7, 11) is 0. The van der Waals surface area contributed by atoms with E-state index >= 15 is 0 Å². The van der Waals surface area contributed by atoms with E-state index in [0.717, 1.165) is 31.0 Å². The summed E-state index contributed by atoms with van der Waals surface area (Å²) in [5, 5.41) is 0. The molecule has 0 N–H and O–H groups in total. The number of piperidine rings is 1. The Morgan fingerprint density at radius 3 is 3.24 bits per heavy atom. The van der Waals surface area contributed by atoms with Crippen LogP contribution in [0.25, 0.3) is 0 Å². The van der Waals surface area contributed by atoms with Gasteiger partial charge in [-0.2, -0.15) is 0 Å². The van der Waals surface area contributed by atoms with Crippen LogP contribution >= 0.6 is 11.8 Å². The van der Waals surface area contributed by atoms with Crippen LogP contribution in [0.15, 0.2) is 22.8 Å². The van der Waals surface area contributed by atoms with E-state index in [1.165, 1.54) is 6.42 Å². The second-order valence-electron chi connectivity index (χ2n) is 4.66. The van der Waals surface area contributed by atoms with Gasteiger partial charge in [-0.3, -0.25) is 4.79 Å². The fourth-order valence-electron chi connectivity index (χ4n) is 2.14. The topological polar surface area (TPSA) is 33.5 Å². The molecule has 0 radical (unpaired) electrons. The number of amides is 1. The smallest absolute Gasteiger partial charge is 0.232 e. The summed E-state index contributed by atoms with van der Waals surface area (Å²) in [5.41, 5.74) is 0. The van der Waals surface area contributed by atoms with E-state index in [-0.39, 0.29) is 5.91 Å². The molecule has 1 saturated heterocycles. The molecule has 1 atom stereocenters. The second kappa shape index (κ2) is 6.15. The largest absolute Gasteiger partial charge is 0.468 e. The molecule has 3 nitrogen and oxygen atoms in total. The predicted molar refractivity (Wildman–Crippen MR) is 69.8 cm³/mol. The van der Waals surface area contributed by atoms with Crippen molar-refractivity contribution in [1.82, 2.24) is 4.90 Å². The highest BCUT2D eigenvalue weighted by Crippen LogP contribution is 2.18. The van der Waals surface area contributed by atoms with Crippen molar-refractivity contribution in [3.8, 4) is 0 Å². The summed E-state index contributed by atoms with van der Waals surface area (Å²) in [5.74, 6) is 3.21. The van der Waals surface area contributed by atoms with Crippen LogP contribution in [0.2, 0.25) is 0 Å². The number of furan rings is 1. The van der Waals surface area contributed by atoms with Gasteiger partial charge in [-0.25, -0.2) is 0 Å². The van der Waals surface area contributed by atoms with Gasteiger partial charge in [0.2, 0.25) is 5.91 Å². The average molecular weight is 253 g/mol. The number of carbonyl (C=O) groups excluding carboxylic acids is 1. The normalized spacial score (nSPS) is 20.5. The number of hydrogen-bond acceptors (Lipinski definition) is 3. The Morgan fingerprint density at radius 2 is 2.53 bits per heavy atom. The third kappa shape index (κ3) is 3.80. The molecule has 2 heterocycles. The van der Waals surface area contributed by atoms with Crippen molar-refractivity contribution in [1.29, 1.82) is 0 Å². The van der Waals surface area contributed by atoms with E-state index in [1.807, 2.05) is 17.0 Å². The van der Waals surface area contributed by atoms with Crippen LogP contribution < -0.4 is 0 Å². The Kier molecular flexibility index (Phi) is 4.54. The maximum absolute atomic E-state index is 11.9. The van der Waals surface area contributed by atoms with Gasteiger partial charge in [0.05, 0.1) is 17.8 Å². The SMILES string of the molecule is CC1CCCN(C(=O)CSCc2ccco2)C1. The van der Waals surface area contributed by atoms with Crippen molar-refractivity contribution in [2.24, 2.45) is 5.92 Å². The van der Waals surface area contributed by atoms with Gasteiger partial charge in [0, 0.05) is 13.1 Å². The Labute approximate surface area is 107 Å². The van der Waals surface area contributed by atoms with Gasteiger partial charge >= 0.3 is 0 Å². The van der Waals surface area contributed by atoms with Gasteiger partial charge in [0.15, 0.2) is 0 Å². The van der Waals surface area contributed by atoms with Crippen LogP contribution in [0.5, 0.6) is 0 Å². The molecule has 4 heteroatoms. The fraction of sp³-hybridized carbons (Fsp3) is 0.615. The molecule has 1 amide bonds. The zero-order valence-corrected chi connectivity index (χ0v) is 11.0. The summed E-state index contributed by atoms with van der Waals surface area (Å²) >= 11 is 1.63. The van der Waals surface area contributed by atoms with Crippen molar-refractivity contribution in [2.45, 2.75) is 25.5 Å². The van der Waals surface area contributed by atoms with Crippen molar-refractivity contribution in [3.63, 3.8) is 0 Å². The lowest BCUT2D eigenvalue weighted by Crippen LogP contribution is -2.40. The Bertz CT molecular complexity index is 350. The molecule has 1 unspecified atom stereocenters. The summed E-state index contributed by atoms with van der Waals surface area (Å²) in [6, 6.07) is 3.82. The van der Waals surface area contributed by atoms with Crippen molar-refractivity contribution in [2.75, 3.05) is 18.8 Å². The number of rotatable bonds is 4. The molecule has 17 heavy (non-hydrogen) atoms. The van der Waals surface area contributed by atoms with Crippen LogP contribution in [0.4, 0.5) is 0 Å². The summed E-state index contributed by atoms with van der Waals surface area (Å²) in [4.78, 5) is 13.9. The zero-order valence-electron chi connectivity index (χ0n) is 10.2. The first-order chi connectivity index (χ1) is 8.25. The highest BCUT2D eigenvalue weighted by Gasteiger charge is 2.20. The first kappa shape index (κ1) is 12.6. The molecular weight excluding hydrogens is 234 g/mol. The molecule has 1 aromatic rings. The Hall–Kier alpha value is -0.900. The monoisotopic (exact) mass is 253 g/mol. The number of hydrogen-bond donors (Lipinski definition) is 0. The molecule has 0 saturated carbocycles. The van der Waals surface area contributed by atoms with Gasteiger partial charge in [-0.15, -0.1) is 11.8 Å². The maximum atomic E-state index is 11.9. The predicted octanol–water partition coefficient (Wildman–Crippen LogP) is 2.77. The first-order valence-corrected chi connectivity index (χ1v) is 7.29. The molecule has 94 valence electrons. The minimum absolute atomic E-state index is 0.271. The van der Waals surface area contributed by atoms with Crippen molar-refractivity contribution in [3.05, 3.63) is 24.2 Å². The lowest BCUT2D eigenvalue weighted by atomic mass is 10.0. The van der Waals surface area contributed by atoms with Gasteiger partial charge < -0.3 is 9.32 Å². The average Bonchev–Trinajstić information content (AvgIpc) is 2.82. The van der Waals surface area contributed by atoms with E-state index in [4.69, 9.17) is 4.42 Å². The molecule has 1 aliphatic rings. The molecule has 0 aliphatic carbocycles. The van der Waals surface area contributed by atoms with Crippen LogP contribution in [-0.4, -0.2) is 29.6 Å². The Morgan fingerprint density at radius 1 is 1.65 bits per heavy atom. The van der Waals surface area contributed by atoms with Gasteiger partial charge in [0.25, 0.3) is 0 Å². The van der Waals surface area contributed by atoms with Crippen molar-refractivity contribution >= 4 is 17.7 Å². The van der Waals surface area contributed by atoms with E-state index < -0.39 is 0 Å². The summed E-state index contributed by atoms with van der Waals surface area (Å²) < 4.78 is 5.23. The van der Waals surface area contributed by atoms with Gasteiger partial charge in [0.1, 0.15) is 5.76 Å². The highest BCUT2D eigenvalue weighted by molar-refractivity contribution is 7.99. The zero-order chi connectivity index (χ0) is 12.1. The van der Waals surface area contributed by atoms with E-state index in [0.29, 0.717) is 11.7 Å². The molecule has 0 bridgehead atoms. The number of carbonyl (C=O) groups is 1. The van der Waals surface area contributed by atoms with Crippen LogP contribution in [0.3, 0.4) is 0 Å². The van der Waals surface area contributed by atoms with E-state index in [9.17, 15) is 4.79 Å². The lowest BCUT2D eigenvalue weighted by Gasteiger charge is -2.30. The van der Waals surface area contributed by atoms with Crippen molar-refractivity contribution < 1.29 is 9.21 Å². The maximum Gasteiger partial charge on any atom is 0.232 e. The summed E-state index contributed by atoms with van der Waals surface area (Å²) in [6.45, 7) is 4.08. The minimum Gasteiger partial charge on any atom is -0.468 e. The number of likely N-dealkylation sites (tertiary alicyclic amines) is 1. The van der Waals surface area contributed by atoms with Crippen LogP contribution in [-0.2, 0) is 10.5 Å².